The SMILES string of the molecule is CCSC1=C(SCC)c2nc1nc1[nH]c(nc3nc(nc4[nH]c(n2)c(SCC)c4SCC)C(c2ccc(C(F)(F)F)cc2)=C3SCC)c(SCC)c1SCC. The van der Waals surface area contributed by atoms with E-state index in [0.717, 1.165) is 80.9 Å². The summed E-state index contributed by atoms with van der Waals surface area (Å²) >= 11 is 11.7. The van der Waals surface area contributed by atoms with E-state index in [4.69, 9.17) is 29.9 Å². The van der Waals surface area contributed by atoms with E-state index in [2.05, 4.69) is 51.5 Å². The summed E-state index contributed by atoms with van der Waals surface area (Å²) in [5, 5.41) is 0. The molecule has 0 atom stereocenters. The molecular weight excluding hydrogens is 838 g/mol. The first-order chi connectivity index (χ1) is 26.6. The lowest BCUT2D eigenvalue weighted by atomic mass is 10.0. The molecule has 3 aromatic heterocycles. The van der Waals surface area contributed by atoms with Crippen molar-refractivity contribution < 1.29 is 13.2 Å². The van der Waals surface area contributed by atoms with Gasteiger partial charge in [-0.05, 0) is 58.0 Å². The fourth-order valence-electron chi connectivity index (χ4n) is 5.78. The van der Waals surface area contributed by atoms with Gasteiger partial charge in [0.2, 0.25) is 0 Å². The van der Waals surface area contributed by atoms with Crippen LogP contribution in [-0.2, 0) is 6.18 Å². The molecule has 0 spiro atoms. The predicted molar refractivity (Wildman–Crippen MR) is 236 cm³/mol. The molecule has 0 unspecified atom stereocenters. The standard InChI is InChI=1S/C37H41F3N8S7/c1-8-49-22-21(19-15-17-20(18-16-19)37(38,39)40)29-41-30(22)43-32-25(52-11-4)26(53-12-5)34(45-32)47-36-28(55-14-7)27(54-13-6)35(48-36)46-33-24(51-10-3)23(50-9-2)31(42-29)44-33/h15-18H,8-14H2,1-7H3,(H2,41,42,43,44,45,46,47,48). The summed E-state index contributed by atoms with van der Waals surface area (Å²) in [5.74, 6) is 7.56. The molecule has 55 heavy (non-hydrogen) atoms. The van der Waals surface area contributed by atoms with Gasteiger partial charge in [0, 0.05) is 5.57 Å². The van der Waals surface area contributed by atoms with Crippen molar-refractivity contribution >= 4 is 125 Å². The number of nitrogens with one attached hydrogen (secondary N) is 2. The van der Waals surface area contributed by atoms with Crippen molar-refractivity contribution in [1.29, 1.82) is 0 Å². The van der Waals surface area contributed by atoms with Gasteiger partial charge in [0.15, 0.2) is 23.3 Å². The number of benzene rings is 1. The zero-order valence-electron chi connectivity index (χ0n) is 31.4. The quantitative estimate of drug-likeness (QED) is 0.111. The molecule has 0 aliphatic carbocycles. The predicted octanol–water partition coefficient (Wildman–Crippen LogP) is 12.4. The van der Waals surface area contributed by atoms with Crippen molar-refractivity contribution in [3.05, 3.63) is 58.7 Å². The van der Waals surface area contributed by atoms with Crippen LogP contribution in [-0.4, -0.2) is 80.1 Å². The minimum atomic E-state index is -4.47. The number of thioether (sulfide) groups is 7. The summed E-state index contributed by atoms with van der Waals surface area (Å²) in [4.78, 5) is 44.7. The topological polar surface area (TPSA) is 109 Å². The van der Waals surface area contributed by atoms with Crippen LogP contribution in [0.4, 0.5) is 13.2 Å². The average Bonchev–Trinajstić information content (AvgIpc) is 3.85. The Morgan fingerprint density at radius 1 is 0.436 bits per heavy atom. The molecule has 18 heteroatoms. The van der Waals surface area contributed by atoms with Crippen LogP contribution in [0.5, 0.6) is 0 Å². The van der Waals surface area contributed by atoms with E-state index < -0.39 is 11.7 Å². The highest BCUT2D eigenvalue weighted by molar-refractivity contribution is 8.13. The third-order valence-corrected chi connectivity index (χ3v) is 15.0. The van der Waals surface area contributed by atoms with Crippen LogP contribution < -0.4 is 0 Å². The highest BCUT2D eigenvalue weighted by atomic mass is 32.2. The molecule has 6 rings (SSSR count). The van der Waals surface area contributed by atoms with Gasteiger partial charge < -0.3 is 9.97 Å². The van der Waals surface area contributed by atoms with E-state index in [0.29, 0.717) is 62.8 Å². The van der Waals surface area contributed by atoms with Crippen LogP contribution >= 0.6 is 82.3 Å². The van der Waals surface area contributed by atoms with E-state index in [-0.39, 0.29) is 0 Å². The van der Waals surface area contributed by atoms with Gasteiger partial charge in [0.05, 0.1) is 39.9 Å². The van der Waals surface area contributed by atoms with Gasteiger partial charge >= 0.3 is 6.18 Å². The summed E-state index contributed by atoms with van der Waals surface area (Å²) in [6, 6.07) is 5.22. The zero-order valence-corrected chi connectivity index (χ0v) is 37.1. The molecule has 292 valence electrons. The van der Waals surface area contributed by atoms with E-state index in [1.54, 1.807) is 82.3 Å². The second-order valence-electron chi connectivity index (χ2n) is 11.4. The second-order valence-corrected chi connectivity index (χ2v) is 20.3. The van der Waals surface area contributed by atoms with Crippen LogP contribution in [0.25, 0.3) is 42.9 Å². The number of fused-ring (bicyclic) bond motifs is 8. The Morgan fingerprint density at radius 2 is 0.764 bits per heavy atom. The van der Waals surface area contributed by atoms with Crippen LogP contribution in [0.15, 0.2) is 43.8 Å². The van der Waals surface area contributed by atoms with Crippen molar-refractivity contribution in [2.75, 3.05) is 40.3 Å². The molecular formula is C37H41F3N8S7. The monoisotopic (exact) mass is 878 g/mol. The fourth-order valence-corrected chi connectivity index (χ4v) is 12.2. The molecule has 8 bridgehead atoms. The van der Waals surface area contributed by atoms with Gasteiger partial charge in [-0.1, -0.05) is 60.6 Å². The Kier molecular flexibility index (Phi) is 14.7. The molecule has 8 nitrogen and oxygen atoms in total. The minimum Gasteiger partial charge on any atom is -0.323 e. The highest BCUT2D eigenvalue weighted by Gasteiger charge is 2.32. The summed E-state index contributed by atoms with van der Waals surface area (Å²) in [7, 11) is 0. The summed E-state index contributed by atoms with van der Waals surface area (Å²) < 4.78 is 41.2. The van der Waals surface area contributed by atoms with Crippen LogP contribution in [0, 0.1) is 0 Å². The lowest BCUT2D eigenvalue weighted by Crippen LogP contribution is -2.04. The smallest absolute Gasteiger partial charge is 0.323 e. The number of halogens is 3. The Balaban J connectivity index is 1.82. The van der Waals surface area contributed by atoms with Gasteiger partial charge in [-0.25, -0.2) is 29.9 Å². The number of nitrogens with zero attached hydrogens (tertiary/aromatic N) is 6. The number of alkyl halides is 3. The largest absolute Gasteiger partial charge is 0.416 e. The normalized spacial score (nSPS) is 13.4. The lowest BCUT2D eigenvalue weighted by molar-refractivity contribution is -0.137. The molecule has 2 aliphatic rings. The minimum absolute atomic E-state index is 0.363. The van der Waals surface area contributed by atoms with Crippen LogP contribution in [0.2, 0.25) is 0 Å². The van der Waals surface area contributed by atoms with Crippen molar-refractivity contribution in [3.8, 4) is 0 Å². The van der Waals surface area contributed by atoms with Gasteiger partial charge in [0.25, 0.3) is 0 Å². The number of H-pyrrole nitrogens is 2. The van der Waals surface area contributed by atoms with Gasteiger partial charge in [-0.3, -0.25) is 0 Å². The molecule has 2 aliphatic heterocycles. The van der Waals surface area contributed by atoms with Gasteiger partial charge in [-0.15, -0.1) is 82.3 Å². The number of aromatic nitrogens is 8. The van der Waals surface area contributed by atoms with Crippen molar-refractivity contribution in [2.45, 2.75) is 74.2 Å². The van der Waals surface area contributed by atoms with Crippen LogP contribution in [0.1, 0.15) is 82.9 Å². The number of rotatable bonds is 15. The van der Waals surface area contributed by atoms with Crippen molar-refractivity contribution in [1.82, 2.24) is 39.9 Å². The number of hydrogen-bond donors (Lipinski definition) is 2. The first-order valence-corrected chi connectivity index (χ1v) is 24.9. The summed E-state index contributed by atoms with van der Waals surface area (Å²) in [6.45, 7) is 14.7. The maximum atomic E-state index is 13.7. The third kappa shape index (κ3) is 9.09. The maximum Gasteiger partial charge on any atom is 0.416 e. The van der Waals surface area contributed by atoms with Crippen molar-refractivity contribution in [3.63, 3.8) is 0 Å². The molecule has 5 heterocycles. The van der Waals surface area contributed by atoms with E-state index >= 15 is 0 Å². The Labute approximate surface area is 349 Å². The molecule has 0 saturated carbocycles. The number of aromatic amines is 2. The Hall–Kier alpha value is -2.22. The maximum absolute atomic E-state index is 13.7. The average molecular weight is 879 g/mol. The van der Waals surface area contributed by atoms with E-state index in [1.165, 1.54) is 12.1 Å². The van der Waals surface area contributed by atoms with E-state index in [1.807, 2.05) is 6.92 Å². The lowest BCUT2D eigenvalue weighted by Gasteiger charge is -2.10. The number of hydrogen-bond acceptors (Lipinski definition) is 13. The molecule has 4 aromatic rings. The second kappa shape index (κ2) is 19.0. The Bertz CT molecular complexity index is 2270. The van der Waals surface area contributed by atoms with Gasteiger partial charge in [-0.2, -0.15) is 13.2 Å². The molecule has 2 N–H and O–H groups in total. The van der Waals surface area contributed by atoms with Crippen molar-refractivity contribution in [2.24, 2.45) is 0 Å². The summed E-state index contributed by atoms with van der Waals surface area (Å²) in [6.07, 6.45) is -4.47. The first kappa shape index (κ1) is 42.4. The Morgan fingerprint density at radius 3 is 1.13 bits per heavy atom. The summed E-state index contributed by atoms with van der Waals surface area (Å²) in [5.41, 5.74) is 2.98. The molecule has 1 aromatic carbocycles. The molecule has 0 saturated heterocycles. The molecule has 0 radical (unpaired) electrons. The third-order valence-electron chi connectivity index (χ3n) is 7.83. The fraction of sp³-hybridized carbons (Fsp3) is 0.405. The zero-order chi connectivity index (χ0) is 39.3. The molecule has 0 fully saturated rings. The van der Waals surface area contributed by atoms with Crippen LogP contribution in [0.3, 0.4) is 0 Å². The first-order valence-electron chi connectivity index (χ1n) is 18.0. The highest BCUT2D eigenvalue weighted by Crippen LogP contribution is 2.46. The molecule has 0 amide bonds. The van der Waals surface area contributed by atoms with Gasteiger partial charge in [0.1, 0.15) is 22.6 Å². The van der Waals surface area contributed by atoms with E-state index in [9.17, 15) is 13.2 Å².